The minimum Gasteiger partial charge on any atom is -0.472 e. The summed E-state index contributed by atoms with van der Waals surface area (Å²) in [5.41, 5.74) is 7.75. The summed E-state index contributed by atoms with van der Waals surface area (Å²) < 4.78 is 32.6. The minimum atomic E-state index is -2.81. The SMILES string of the molecule is [N-]=[N+]=NC(=O)c1cccc(C(F)F)c1COc1ccn(S)n1. The second-order valence-electron chi connectivity index (χ2n) is 4.03. The molecule has 0 saturated heterocycles. The molecule has 0 spiro atoms. The summed E-state index contributed by atoms with van der Waals surface area (Å²) in [7, 11) is 0. The molecule has 2 aromatic rings. The molecule has 22 heavy (non-hydrogen) atoms. The van der Waals surface area contributed by atoms with Crippen molar-refractivity contribution in [3.63, 3.8) is 0 Å². The predicted octanol–water partition coefficient (Wildman–Crippen LogP) is 3.54. The highest BCUT2D eigenvalue weighted by molar-refractivity contribution is 7.78. The van der Waals surface area contributed by atoms with Crippen molar-refractivity contribution in [1.29, 1.82) is 0 Å². The molecule has 1 aromatic heterocycles. The van der Waals surface area contributed by atoms with Crippen LogP contribution in [0.25, 0.3) is 10.4 Å². The Morgan fingerprint density at radius 1 is 1.50 bits per heavy atom. The number of nitrogens with zero attached hydrogens (tertiary/aromatic N) is 5. The number of carbonyl (C=O) groups is 1. The average molecular weight is 325 g/mol. The number of aromatic nitrogens is 2. The van der Waals surface area contributed by atoms with Gasteiger partial charge in [-0.05, 0) is 23.5 Å². The fourth-order valence-electron chi connectivity index (χ4n) is 1.79. The highest BCUT2D eigenvalue weighted by Gasteiger charge is 2.20. The smallest absolute Gasteiger partial charge is 0.264 e. The number of thiol groups is 1. The third-order valence-corrected chi connectivity index (χ3v) is 2.95. The lowest BCUT2D eigenvalue weighted by atomic mass is 10.0. The van der Waals surface area contributed by atoms with Gasteiger partial charge in [-0.1, -0.05) is 18.2 Å². The monoisotopic (exact) mass is 325 g/mol. The van der Waals surface area contributed by atoms with Crippen molar-refractivity contribution in [2.45, 2.75) is 13.0 Å². The van der Waals surface area contributed by atoms with E-state index in [2.05, 4.69) is 27.9 Å². The van der Waals surface area contributed by atoms with Crippen molar-refractivity contribution in [3.8, 4) is 5.88 Å². The van der Waals surface area contributed by atoms with Crippen LogP contribution in [0.3, 0.4) is 0 Å². The molecule has 0 fully saturated rings. The van der Waals surface area contributed by atoms with Crippen LogP contribution >= 0.6 is 12.8 Å². The highest BCUT2D eigenvalue weighted by Crippen LogP contribution is 2.27. The Bertz CT molecular complexity index is 743. The van der Waals surface area contributed by atoms with Crippen molar-refractivity contribution in [1.82, 2.24) is 9.19 Å². The van der Waals surface area contributed by atoms with Gasteiger partial charge in [-0.25, -0.2) is 12.9 Å². The summed E-state index contributed by atoms with van der Waals surface area (Å²) in [6.07, 6.45) is -1.32. The second-order valence-corrected chi connectivity index (χ2v) is 4.44. The van der Waals surface area contributed by atoms with Gasteiger partial charge >= 0.3 is 0 Å². The van der Waals surface area contributed by atoms with Gasteiger partial charge in [-0.3, -0.25) is 4.79 Å². The van der Waals surface area contributed by atoms with Gasteiger partial charge in [0.05, 0.1) is 0 Å². The first-order chi connectivity index (χ1) is 10.5. The topological polar surface area (TPSA) is 92.9 Å². The van der Waals surface area contributed by atoms with E-state index in [1.54, 1.807) is 0 Å². The van der Waals surface area contributed by atoms with E-state index in [4.69, 9.17) is 10.3 Å². The molecule has 1 amide bonds. The lowest BCUT2D eigenvalue weighted by Crippen LogP contribution is -2.08. The molecule has 0 aliphatic rings. The fourth-order valence-corrected chi connectivity index (χ4v) is 1.94. The second kappa shape index (κ2) is 6.92. The number of ether oxygens (including phenoxy) is 1. The van der Waals surface area contributed by atoms with Crippen molar-refractivity contribution in [3.05, 3.63) is 57.6 Å². The molecule has 0 radical (unpaired) electrons. The van der Waals surface area contributed by atoms with E-state index in [0.717, 1.165) is 0 Å². The summed E-state index contributed by atoms with van der Waals surface area (Å²) in [5, 5.41) is 6.74. The van der Waals surface area contributed by atoms with Crippen LogP contribution in [0.5, 0.6) is 5.88 Å². The molecular weight excluding hydrogens is 316 g/mol. The maximum absolute atomic E-state index is 13.1. The summed E-state index contributed by atoms with van der Waals surface area (Å²) in [6, 6.07) is 5.23. The molecule has 0 saturated carbocycles. The molecule has 10 heteroatoms. The number of alkyl halides is 2. The van der Waals surface area contributed by atoms with E-state index in [1.165, 1.54) is 34.5 Å². The standard InChI is InChI=1S/C12H9F2N5O2S/c13-11(14)7-2-1-3-8(12(20)16-18-15)9(7)6-21-10-4-5-19(22)17-10/h1-5,11,22H,6H2. The van der Waals surface area contributed by atoms with Crippen LogP contribution in [-0.2, 0) is 6.61 Å². The summed E-state index contributed by atoms with van der Waals surface area (Å²) >= 11 is 3.92. The van der Waals surface area contributed by atoms with Crippen LogP contribution in [0.1, 0.15) is 27.9 Å². The van der Waals surface area contributed by atoms with Crippen LogP contribution < -0.4 is 4.74 Å². The molecule has 0 aliphatic heterocycles. The van der Waals surface area contributed by atoms with Crippen LogP contribution in [0, 0.1) is 0 Å². The first-order valence-corrected chi connectivity index (χ1v) is 6.30. The number of hydrogen-bond donors (Lipinski definition) is 1. The van der Waals surface area contributed by atoms with E-state index in [0.29, 0.717) is 0 Å². The number of carbonyl (C=O) groups excluding carboxylic acids is 1. The van der Waals surface area contributed by atoms with E-state index >= 15 is 0 Å². The van der Waals surface area contributed by atoms with E-state index < -0.39 is 12.3 Å². The van der Waals surface area contributed by atoms with Crippen molar-refractivity contribution in [2.75, 3.05) is 0 Å². The van der Waals surface area contributed by atoms with Crippen LogP contribution in [-0.4, -0.2) is 15.1 Å². The Balaban J connectivity index is 2.36. The summed E-state index contributed by atoms with van der Waals surface area (Å²) in [5.74, 6) is -0.801. The predicted molar refractivity (Wildman–Crippen MR) is 75.8 cm³/mol. The van der Waals surface area contributed by atoms with E-state index in [9.17, 15) is 13.6 Å². The molecule has 2 rings (SSSR count). The molecule has 0 N–H and O–H groups in total. The van der Waals surface area contributed by atoms with Gasteiger partial charge in [-0.2, -0.15) is 0 Å². The first-order valence-electron chi connectivity index (χ1n) is 5.90. The zero-order chi connectivity index (χ0) is 16.1. The molecule has 1 heterocycles. The van der Waals surface area contributed by atoms with Gasteiger partial charge in [0.2, 0.25) is 11.8 Å². The normalized spacial score (nSPS) is 10.4. The number of hydrogen-bond acceptors (Lipinski definition) is 4. The molecule has 7 nitrogen and oxygen atoms in total. The lowest BCUT2D eigenvalue weighted by Gasteiger charge is -2.12. The van der Waals surface area contributed by atoms with Gasteiger partial charge in [0.1, 0.15) is 6.61 Å². The van der Waals surface area contributed by atoms with Crippen LogP contribution in [0.15, 0.2) is 35.6 Å². The molecule has 0 atom stereocenters. The minimum absolute atomic E-state index is 0.0522. The fraction of sp³-hybridized carbons (Fsp3) is 0.167. The number of rotatable bonds is 5. The molecule has 1 aromatic carbocycles. The zero-order valence-corrected chi connectivity index (χ0v) is 11.8. The molecule has 0 unspecified atom stereocenters. The van der Waals surface area contributed by atoms with Gasteiger partial charge < -0.3 is 4.74 Å². The van der Waals surface area contributed by atoms with Crippen LogP contribution in [0.2, 0.25) is 0 Å². The first kappa shape index (κ1) is 15.8. The van der Waals surface area contributed by atoms with Crippen molar-refractivity contribution >= 4 is 18.7 Å². The van der Waals surface area contributed by atoms with E-state index in [-0.39, 0.29) is 29.2 Å². The van der Waals surface area contributed by atoms with Gasteiger partial charge in [-0.15, -0.1) is 5.10 Å². The number of halogens is 2. The number of amides is 1. The van der Waals surface area contributed by atoms with Crippen molar-refractivity contribution < 1.29 is 18.3 Å². The Morgan fingerprint density at radius 3 is 2.86 bits per heavy atom. The zero-order valence-electron chi connectivity index (χ0n) is 10.9. The molecule has 0 bridgehead atoms. The number of benzene rings is 1. The molecule has 0 aliphatic carbocycles. The van der Waals surface area contributed by atoms with Gasteiger partial charge in [0, 0.05) is 33.9 Å². The lowest BCUT2D eigenvalue weighted by molar-refractivity contribution is 0.0996. The average Bonchev–Trinajstić information content (AvgIpc) is 2.90. The Hall–Kier alpha value is -2.58. The van der Waals surface area contributed by atoms with Gasteiger partial charge in [0.25, 0.3) is 6.43 Å². The summed E-state index contributed by atoms with van der Waals surface area (Å²) in [6.45, 7) is -0.326. The maximum Gasteiger partial charge on any atom is 0.264 e. The van der Waals surface area contributed by atoms with Crippen LogP contribution in [0.4, 0.5) is 8.78 Å². The Labute approximate surface area is 128 Å². The van der Waals surface area contributed by atoms with Gasteiger partial charge in [0.15, 0.2) is 0 Å². The highest BCUT2D eigenvalue weighted by atomic mass is 32.1. The summed E-state index contributed by atoms with van der Waals surface area (Å²) in [4.78, 5) is 14.1. The Morgan fingerprint density at radius 2 is 2.27 bits per heavy atom. The maximum atomic E-state index is 13.1. The number of azide groups is 1. The van der Waals surface area contributed by atoms with E-state index in [1.807, 2.05) is 0 Å². The molecular formula is C12H9F2N5O2S. The third kappa shape index (κ3) is 3.54. The van der Waals surface area contributed by atoms with Crippen molar-refractivity contribution in [2.24, 2.45) is 5.11 Å². The quantitative estimate of drug-likeness (QED) is 0.394. The largest absolute Gasteiger partial charge is 0.472 e. The third-order valence-electron chi connectivity index (χ3n) is 2.73. The molecule has 114 valence electrons. The Kier molecular flexibility index (Phi) is 4.97.